The largest absolute Gasteiger partial charge is 0.495 e. The van der Waals surface area contributed by atoms with Gasteiger partial charge in [-0.2, -0.15) is 0 Å². The highest BCUT2D eigenvalue weighted by Crippen LogP contribution is 2.30. The smallest absolute Gasteiger partial charge is 0.271 e. The Balaban J connectivity index is 2.11. The van der Waals surface area contributed by atoms with Gasteiger partial charge in [-0.3, -0.25) is 14.9 Å². The van der Waals surface area contributed by atoms with E-state index in [9.17, 15) is 14.9 Å². The third-order valence-corrected chi connectivity index (χ3v) is 4.51. The van der Waals surface area contributed by atoms with Gasteiger partial charge in [0.15, 0.2) is 0 Å². The quantitative estimate of drug-likeness (QED) is 0.466. The number of thioether (sulfide) groups is 1. The number of non-ortho nitro benzene ring substituents is 1. The second-order valence-corrected chi connectivity index (χ2v) is 6.70. The number of halogens is 1. The molecule has 0 spiro atoms. The Morgan fingerprint density at radius 2 is 1.96 bits per heavy atom. The van der Waals surface area contributed by atoms with E-state index in [0.29, 0.717) is 10.8 Å². The molecule has 0 aliphatic heterocycles. The van der Waals surface area contributed by atoms with Crippen LogP contribution in [0.25, 0.3) is 0 Å². The van der Waals surface area contributed by atoms with E-state index in [1.54, 1.807) is 19.1 Å². The van der Waals surface area contributed by atoms with Gasteiger partial charge in [-0.15, -0.1) is 11.8 Å². The molecule has 0 aliphatic rings. The molecule has 126 valence electrons. The molecule has 0 radical (unpaired) electrons. The molecule has 0 aliphatic carbocycles. The molecule has 2 aromatic carbocycles. The Morgan fingerprint density at radius 3 is 2.54 bits per heavy atom. The summed E-state index contributed by atoms with van der Waals surface area (Å²) in [7, 11) is 1.43. The molecule has 1 atom stereocenters. The minimum atomic E-state index is -0.527. The van der Waals surface area contributed by atoms with Crippen molar-refractivity contribution in [3.8, 4) is 5.75 Å². The van der Waals surface area contributed by atoms with Gasteiger partial charge in [0.05, 0.1) is 23.0 Å². The molecule has 0 saturated heterocycles. The maximum Gasteiger partial charge on any atom is 0.271 e. The number of carbonyl (C=O) groups excluding carboxylic acids is 1. The fraction of sp³-hybridized carbons (Fsp3) is 0.188. The van der Waals surface area contributed by atoms with Gasteiger partial charge in [-0.25, -0.2) is 0 Å². The first-order chi connectivity index (χ1) is 11.4. The van der Waals surface area contributed by atoms with Gasteiger partial charge in [0.25, 0.3) is 5.69 Å². The number of benzene rings is 2. The zero-order chi connectivity index (χ0) is 17.7. The lowest BCUT2D eigenvalue weighted by Gasteiger charge is -2.14. The van der Waals surface area contributed by atoms with Crippen LogP contribution in [0.15, 0.2) is 47.4 Å². The predicted octanol–water partition coefficient (Wildman–Crippen LogP) is 4.38. The number of nitrogens with zero attached hydrogens (tertiary/aromatic N) is 1. The number of methoxy groups -OCH3 is 1. The zero-order valence-electron chi connectivity index (χ0n) is 13.0. The Hall–Kier alpha value is -2.25. The van der Waals surface area contributed by atoms with Gasteiger partial charge >= 0.3 is 0 Å². The topological polar surface area (TPSA) is 81.5 Å². The summed E-state index contributed by atoms with van der Waals surface area (Å²) in [6, 6.07) is 11.2. The number of amides is 1. The van der Waals surface area contributed by atoms with Crippen LogP contribution in [0.1, 0.15) is 6.92 Å². The molecule has 0 unspecified atom stereocenters. The average Bonchev–Trinajstić information content (AvgIpc) is 2.56. The normalized spacial score (nSPS) is 11.6. The minimum Gasteiger partial charge on any atom is -0.495 e. The zero-order valence-corrected chi connectivity index (χ0v) is 14.6. The number of nitro benzene ring substituents is 1. The molecule has 0 bridgehead atoms. The molecular formula is C16H15ClN2O4S. The Bertz CT molecular complexity index is 752. The Kier molecular flexibility index (Phi) is 6.05. The van der Waals surface area contributed by atoms with Crippen LogP contribution in [-0.2, 0) is 4.79 Å². The van der Waals surface area contributed by atoms with Crippen molar-refractivity contribution in [1.82, 2.24) is 0 Å². The van der Waals surface area contributed by atoms with Crippen molar-refractivity contribution in [2.24, 2.45) is 0 Å². The van der Waals surface area contributed by atoms with Crippen molar-refractivity contribution in [2.45, 2.75) is 17.1 Å². The Labute approximate surface area is 148 Å². The van der Waals surface area contributed by atoms with E-state index >= 15 is 0 Å². The molecule has 0 fully saturated rings. The third-order valence-electron chi connectivity index (χ3n) is 3.15. The van der Waals surface area contributed by atoms with E-state index in [2.05, 4.69) is 5.32 Å². The minimum absolute atomic E-state index is 0.121. The summed E-state index contributed by atoms with van der Waals surface area (Å²) in [5, 5.41) is 13.8. The molecule has 1 amide bonds. The van der Waals surface area contributed by atoms with Gasteiger partial charge in [0.2, 0.25) is 5.91 Å². The number of nitro groups is 1. The number of anilines is 1. The van der Waals surface area contributed by atoms with Gasteiger partial charge in [0.1, 0.15) is 5.75 Å². The lowest BCUT2D eigenvalue weighted by Crippen LogP contribution is -2.22. The van der Waals surface area contributed by atoms with Gasteiger partial charge in [-0.1, -0.05) is 11.6 Å². The second-order valence-electron chi connectivity index (χ2n) is 4.84. The number of carbonyl (C=O) groups is 1. The van der Waals surface area contributed by atoms with Crippen LogP contribution < -0.4 is 10.1 Å². The predicted molar refractivity (Wildman–Crippen MR) is 95.0 cm³/mol. The van der Waals surface area contributed by atoms with E-state index < -0.39 is 10.2 Å². The number of nitrogens with one attached hydrogen (secondary N) is 1. The summed E-state index contributed by atoms with van der Waals surface area (Å²) < 4.78 is 5.13. The molecule has 2 aromatic rings. The fourth-order valence-electron chi connectivity index (χ4n) is 1.91. The average molecular weight is 367 g/mol. The maximum atomic E-state index is 12.3. The van der Waals surface area contributed by atoms with Crippen molar-refractivity contribution in [3.63, 3.8) is 0 Å². The highest BCUT2D eigenvalue weighted by molar-refractivity contribution is 8.00. The monoisotopic (exact) mass is 366 g/mol. The number of hydrogen-bond donors (Lipinski definition) is 1. The van der Waals surface area contributed by atoms with Crippen molar-refractivity contribution >= 4 is 40.6 Å². The summed E-state index contributed by atoms with van der Waals surface area (Å²) in [5.41, 5.74) is 0.143. The molecule has 8 heteroatoms. The van der Waals surface area contributed by atoms with E-state index in [1.165, 1.54) is 37.1 Å². The highest BCUT2D eigenvalue weighted by Gasteiger charge is 2.18. The van der Waals surface area contributed by atoms with Crippen LogP contribution >= 0.6 is 23.4 Å². The SMILES string of the molecule is COc1ccc([N+](=O)[O-])cc1NC(=O)[C@@H](C)Sc1ccc(Cl)cc1. The van der Waals surface area contributed by atoms with Crippen LogP contribution in [0.4, 0.5) is 11.4 Å². The molecule has 2 rings (SSSR count). The van der Waals surface area contributed by atoms with Crippen LogP contribution in [0, 0.1) is 10.1 Å². The molecule has 0 heterocycles. The van der Waals surface area contributed by atoms with Gasteiger partial charge in [0, 0.05) is 22.1 Å². The molecule has 0 aromatic heterocycles. The number of rotatable bonds is 6. The maximum absolute atomic E-state index is 12.3. The van der Waals surface area contributed by atoms with Crippen LogP contribution in [-0.4, -0.2) is 23.2 Å². The second kappa shape index (κ2) is 8.03. The summed E-state index contributed by atoms with van der Waals surface area (Å²) >= 11 is 7.19. The first-order valence-electron chi connectivity index (χ1n) is 6.96. The number of ether oxygens (including phenoxy) is 1. The standard InChI is InChI=1S/C16H15ClN2O4S/c1-10(24-13-6-3-11(17)4-7-13)16(20)18-14-9-12(19(21)22)5-8-15(14)23-2/h3-10H,1-2H3,(H,18,20)/t10-/m1/s1. The summed E-state index contributed by atoms with van der Waals surface area (Å²) in [6.07, 6.45) is 0. The Morgan fingerprint density at radius 1 is 1.29 bits per heavy atom. The van der Waals surface area contributed by atoms with Crippen LogP contribution in [0.2, 0.25) is 5.02 Å². The highest BCUT2D eigenvalue weighted by atomic mass is 35.5. The summed E-state index contributed by atoms with van der Waals surface area (Å²) in [4.78, 5) is 23.6. The molecule has 1 N–H and O–H groups in total. The number of hydrogen-bond acceptors (Lipinski definition) is 5. The first-order valence-corrected chi connectivity index (χ1v) is 8.22. The molecule has 24 heavy (non-hydrogen) atoms. The fourth-order valence-corrected chi connectivity index (χ4v) is 2.91. The van der Waals surface area contributed by atoms with Crippen molar-refractivity contribution in [3.05, 3.63) is 57.6 Å². The molecule has 0 saturated carbocycles. The van der Waals surface area contributed by atoms with Crippen LogP contribution in [0.3, 0.4) is 0 Å². The van der Waals surface area contributed by atoms with E-state index in [4.69, 9.17) is 16.3 Å². The first kappa shape index (κ1) is 18.1. The van der Waals surface area contributed by atoms with Crippen molar-refractivity contribution in [2.75, 3.05) is 12.4 Å². The van der Waals surface area contributed by atoms with E-state index in [-0.39, 0.29) is 17.3 Å². The lowest BCUT2D eigenvalue weighted by molar-refractivity contribution is -0.384. The van der Waals surface area contributed by atoms with E-state index in [0.717, 1.165) is 4.90 Å². The van der Waals surface area contributed by atoms with E-state index in [1.807, 2.05) is 12.1 Å². The molecular weight excluding hydrogens is 352 g/mol. The van der Waals surface area contributed by atoms with Crippen LogP contribution in [0.5, 0.6) is 5.75 Å². The third kappa shape index (κ3) is 4.62. The van der Waals surface area contributed by atoms with Crippen molar-refractivity contribution in [1.29, 1.82) is 0 Å². The van der Waals surface area contributed by atoms with Gasteiger partial charge in [-0.05, 0) is 37.3 Å². The van der Waals surface area contributed by atoms with Crippen molar-refractivity contribution < 1.29 is 14.5 Å². The summed E-state index contributed by atoms with van der Waals surface area (Å²) in [6.45, 7) is 1.75. The van der Waals surface area contributed by atoms with Gasteiger partial charge < -0.3 is 10.1 Å². The summed E-state index contributed by atoms with van der Waals surface area (Å²) in [5.74, 6) is 0.0754. The molecule has 6 nitrogen and oxygen atoms in total. The lowest BCUT2D eigenvalue weighted by atomic mass is 10.2.